The van der Waals surface area contributed by atoms with Crippen molar-refractivity contribution in [3.05, 3.63) is 54.1 Å². The minimum atomic E-state index is -3.56. The number of hydrogen-bond acceptors (Lipinski definition) is 4. The Morgan fingerprint density at radius 1 is 1.10 bits per heavy atom. The van der Waals surface area contributed by atoms with Crippen molar-refractivity contribution in [1.82, 2.24) is 4.31 Å². The first-order valence-electron chi connectivity index (χ1n) is 6.43. The molecule has 0 bridgehead atoms. The highest BCUT2D eigenvalue weighted by molar-refractivity contribution is 7.89. The molecular formula is C15H18N2O3S. The lowest BCUT2D eigenvalue weighted by atomic mass is 10.2. The van der Waals surface area contributed by atoms with Crippen LogP contribution in [0.3, 0.4) is 0 Å². The molecule has 0 saturated heterocycles. The predicted molar refractivity (Wildman–Crippen MR) is 81.7 cm³/mol. The molecule has 0 atom stereocenters. The van der Waals surface area contributed by atoms with Crippen LogP contribution in [-0.4, -0.2) is 26.8 Å². The highest BCUT2D eigenvalue weighted by Gasteiger charge is 2.22. The third kappa shape index (κ3) is 3.41. The number of benzene rings is 2. The van der Waals surface area contributed by atoms with E-state index >= 15 is 0 Å². The summed E-state index contributed by atoms with van der Waals surface area (Å²) in [5, 5.41) is 0. The molecule has 2 N–H and O–H groups in total. The van der Waals surface area contributed by atoms with Gasteiger partial charge in [0.05, 0.1) is 0 Å². The molecule has 2 aromatic carbocycles. The van der Waals surface area contributed by atoms with Crippen LogP contribution in [0.25, 0.3) is 0 Å². The molecule has 0 amide bonds. The van der Waals surface area contributed by atoms with Crippen molar-refractivity contribution in [2.45, 2.75) is 11.4 Å². The zero-order valence-electron chi connectivity index (χ0n) is 12.0. The van der Waals surface area contributed by atoms with Gasteiger partial charge in [0.2, 0.25) is 10.0 Å². The average molecular weight is 306 g/mol. The third-order valence-corrected chi connectivity index (χ3v) is 4.82. The minimum absolute atomic E-state index is 0.133. The first-order chi connectivity index (χ1) is 9.95. The molecule has 21 heavy (non-hydrogen) atoms. The smallest absolute Gasteiger partial charge is 0.246 e. The molecule has 0 aliphatic rings. The summed E-state index contributed by atoms with van der Waals surface area (Å²) in [6.45, 7) is 0.398. The number of hydrogen-bond donors (Lipinski definition) is 1. The van der Waals surface area contributed by atoms with Gasteiger partial charge in [0, 0.05) is 20.6 Å². The van der Waals surface area contributed by atoms with Crippen molar-refractivity contribution in [2.75, 3.05) is 14.1 Å². The lowest BCUT2D eigenvalue weighted by molar-refractivity contribution is 0.460. The Kier molecular flexibility index (Phi) is 4.62. The molecule has 0 aromatic heterocycles. The van der Waals surface area contributed by atoms with Crippen LogP contribution >= 0.6 is 0 Å². The van der Waals surface area contributed by atoms with E-state index in [1.54, 1.807) is 30.3 Å². The van der Waals surface area contributed by atoms with Gasteiger partial charge in [-0.15, -0.1) is 0 Å². The fraction of sp³-hybridized carbons (Fsp3) is 0.200. The molecule has 6 heteroatoms. The zero-order valence-corrected chi connectivity index (χ0v) is 12.8. The number of nitrogens with zero attached hydrogens (tertiary/aromatic N) is 1. The molecule has 2 rings (SSSR count). The van der Waals surface area contributed by atoms with Gasteiger partial charge in [-0.25, -0.2) is 12.7 Å². The first kappa shape index (κ1) is 15.5. The molecule has 0 spiro atoms. The number of para-hydroxylation sites is 1. The molecule has 5 nitrogen and oxygen atoms in total. The van der Waals surface area contributed by atoms with Gasteiger partial charge in [-0.1, -0.05) is 24.3 Å². The second kappa shape index (κ2) is 6.26. The summed E-state index contributed by atoms with van der Waals surface area (Å²) >= 11 is 0. The van der Waals surface area contributed by atoms with Crippen molar-refractivity contribution in [2.24, 2.45) is 5.73 Å². The SMILES string of the molecule is CN(C)S(=O)(=O)c1ccccc1Oc1cccc(CN)c1. The standard InChI is InChI=1S/C15H18N2O3S/c1-17(2)21(18,19)15-9-4-3-8-14(15)20-13-7-5-6-12(10-13)11-16/h3-10H,11,16H2,1-2H3. The van der Waals surface area contributed by atoms with Gasteiger partial charge in [0.1, 0.15) is 16.4 Å². The molecule has 0 radical (unpaired) electrons. The number of ether oxygens (including phenoxy) is 1. The van der Waals surface area contributed by atoms with E-state index in [1.807, 2.05) is 12.1 Å². The van der Waals surface area contributed by atoms with Crippen LogP contribution in [0.4, 0.5) is 0 Å². The number of rotatable bonds is 5. The summed E-state index contributed by atoms with van der Waals surface area (Å²) in [7, 11) is -0.585. The Labute approximate surface area is 125 Å². The van der Waals surface area contributed by atoms with Crippen molar-refractivity contribution in [3.63, 3.8) is 0 Å². The fourth-order valence-corrected chi connectivity index (χ4v) is 2.82. The Hall–Kier alpha value is -1.89. The minimum Gasteiger partial charge on any atom is -0.456 e. The second-order valence-corrected chi connectivity index (χ2v) is 6.81. The Bertz CT molecular complexity index is 727. The molecule has 112 valence electrons. The zero-order chi connectivity index (χ0) is 15.5. The Morgan fingerprint density at radius 3 is 2.48 bits per heavy atom. The first-order valence-corrected chi connectivity index (χ1v) is 7.87. The van der Waals surface area contributed by atoms with E-state index in [0.717, 1.165) is 9.87 Å². The normalized spacial score (nSPS) is 11.6. The van der Waals surface area contributed by atoms with E-state index in [-0.39, 0.29) is 4.90 Å². The summed E-state index contributed by atoms with van der Waals surface area (Å²) < 4.78 is 31.5. The maximum atomic E-state index is 12.3. The molecule has 0 unspecified atom stereocenters. The summed E-state index contributed by atoms with van der Waals surface area (Å²) in [4.78, 5) is 0.133. The van der Waals surface area contributed by atoms with Crippen molar-refractivity contribution in [3.8, 4) is 11.5 Å². The highest BCUT2D eigenvalue weighted by atomic mass is 32.2. The third-order valence-electron chi connectivity index (χ3n) is 2.97. The quantitative estimate of drug-likeness (QED) is 0.919. The van der Waals surface area contributed by atoms with Crippen LogP contribution in [0, 0.1) is 0 Å². The highest BCUT2D eigenvalue weighted by Crippen LogP contribution is 2.30. The van der Waals surface area contributed by atoms with Crippen molar-refractivity contribution >= 4 is 10.0 Å². The number of nitrogens with two attached hydrogens (primary N) is 1. The maximum Gasteiger partial charge on any atom is 0.246 e. The van der Waals surface area contributed by atoms with E-state index in [1.165, 1.54) is 20.2 Å². The van der Waals surface area contributed by atoms with Gasteiger partial charge in [-0.2, -0.15) is 0 Å². The van der Waals surface area contributed by atoms with Gasteiger partial charge in [-0.3, -0.25) is 0 Å². The van der Waals surface area contributed by atoms with Crippen LogP contribution in [0.1, 0.15) is 5.56 Å². The summed E-state index contributed by atoms with van der Waals surface area (Å²) in [6.07, 6.45) is 0. The number of sulfonamides is 1. The van der Waals surface area contributed by atoms with Crippen LogP contribution in [0.2, 0.25) is 0 Å². The lowest BCUT2D eigenvalue weighted by Crippen LogP contribution is -2.22. The molecule has 0 fully saturated rings. The Balaban J connectivity index is 2.41. The van der Waals surface area contributed by atoms with Crippen LogP contribution in [-0.2, 0) is 16.6 Å². The van der Waals surface area contributed by atoms with Crippen LogP contribution < -0.4 is 10.5 Å². The summed E-state index contributed by atoms with van der Waals surface area (Å²) in [6, 6.07) is 13.8. The second-order valence-electron chi connectivity index (χ2n) is 4.69. The van der Waals surface area contributed by atoms with Crippen LogP contribution in [0.15, 0.2) is 53.4 Å². The van der Waals surface area contributed by atoms with Crippen LogP contribution in [0.5, 0.6) is 11.5 Å². The fourth-order valence-electron chi connectivity index (χ4n) is 1.81. The molecule has 0 aliphatic heterocycles. The van der Waals surface area contributed by atoms with Gasteiger partial charge >= 0.3 is 0 Å². The molecule has 0 heterocycles. The van der Waals surface area contributed by atoms with E-state index < -0.39 is 10.0 Å². The van der Waals surface area contributed by atoms with Gasteiger partial charge in [-0.05, 0) is 29.8 Å². The Morgan fingerprint density at radius 2 is 1.81 bits per heavy atom. The largest absolute Gasteiger partial charge is 0.456 e. The van der Waals surface area contributed by atoms with Crippen molar-refractivity contribution in [1.29, 1.82) is 0 Å². The van der Waals surface area contributed by atoms with E-state index in [2.05, 4.69) is 0 Å². The van der Waals surface area contributed by atoms with Gasteiger partial charge < -0.3 is 10.5 Å². The molecule has 0 saturated carbocycles. The topological polar surface area (TPSA) is 72.6 Å². The summed E-state index contributed by atoms with van der Waals surface area (Å²) in [5.74, 6) is 0.847. The molecule has 2 aromatic rings. The van der Waals surface area contributed by atoms with E-state index in [4.69, 9.17) is 10.5 Å². The predicted octanol–water partition coefficient (Wildman–Crippen LogP) is 2.19. The summed E-state index contributed by atoms with van der Waals surface area (Å²) in [5.41, 5.74) is 6.51. The average Bonchev–Trinajstić information content (AvgIpc) is 2.47. The monoisotopic (exact) mass is 306 g/mol. The van der Waals surface area contributed by atoms with Gasteiger partial charge in [0.15, 0.2) is 0 Å². The molecular weight excluding hydrogens is 288 g/mol. The van der Waals surface area contributed by atoms with E-state index in [0.29, 0.717) is 18.0 Å². The lowest BCUT2D eigenvalue weighted by Gasteiger charge is -2.15. The molecule has 0 aliphatic carbocycles. The van der Waals surface area contributed by atoms with Crippen molar-refractivity contribution < 1.29 is 13.2 Å². The van der Waals surface area contributed by atoms with Gasteiger partial charge in [0.25, 0.3) is 0 Å². The maximum absolute atomic E-state index is 12.3. The van der Waals surface area contributed by atoms with E-state index in [9.17, 15) is 8.42 Å².